The standard InChI is InChI=1S/C17H22N2OS/c1-12-14-6-4-5-7-15(14)21-16(12)17(20)19-10-8-13(9-11-19)18(2)3/h4-7,13H,8-11H2,1-3H3. The van der Waals surface area contributed by atoms with Gasteiger partial charge >= 0.3 is 0 Å². The van der Waals surface area contributed by atoms with Crippen LogP contribution in [-0.2, 0) is 0 Å². The minimum absolute atomic E-state index is 0.214. The Kier molecular flexibility index (Phi) is 4.00. The molecular weight excluding hydrogens is 280 g/mol. The van der Waals surface area contributed by atoms with Crippen molar-refractivity contribution in [1.82, 2.24) is 9.80 Å². The first kappa shape index (κ1) is 14.5. The summed E-state index contributed by atoms with van der Waals surface area (Å²) in [6.07, 6.45) is 2.14. The van der Waals surface area contributed by atoms with Gasteiger partial charge in [0.05, 0.1) is 4.88 Å². The number of thiophene rings is 1. The molecule has 1 aliphatic heterocycles. The highest BCUT2D eigenvalue weighted by atomic mass is 32.1. The zero-order chi connectivity index (χ0) is 15.0. The summed E-state index contributed by atoms with van der Waals surface area (Å²) in [6.45, 7) is 3.81. The second-order valence-corrected chi connectivity index (χ2v) is 7.09. The summed E-state index contributed by atoms with van der Waals surface area (Å²) >= 11 is 1.63. The molecule has 1 aromatic carbocycles. The zero-order valence-electron chi connectivity index (χ0n) is 12.9. The fourth-order valence-corrected chi connectivity index (χ4v) is 4.28. The highest BCUT2D eigenvalue weighted by Gasteiger charge is 2.26. The number of benzene rings is 1. The third kappa shape index (κ3) is 2.70. The molecule has 112 valence electrons. The average molecular weight is 302 g/mol. The number of carbonyl (C=O) groups is 1. The number of likely N-dealkylation sites (tertiary alicyclic amines) is 1. The van der Waals surface area contributed by atoms with E-state index in [4.69, 9.17) is 0 Å². The molecule has 1 aliphatic rings. The van der Waals surface area contributed by atoms with Crippen molar-refractivity contribution < 1.29 is 4.79 Å². The van der Waals surface area contributed by atoms with E-state index < -0.39 is 0 Å². The number of piperidine rings is 1. The summed E-state index contributed by atoms with van der Waals surface area (Å²) in [7, 11) is 4.25. The van der Waals surface area contributed by atoms with Crippen LogP contribution in [0.3, 0.4) is 0 Å². The predicted octanol–water partition coefficient (Wildman–Crippen LogP) is 3.38. The Labute approximate surface area is 130 Å². The number of hydrogen-bond acceptors (Lipinski definition) is 3. The fourth-order valence-electron chi connectivity index (χ4n) is 3.11. The molecule has 0 unspecified atom stereocenters. The molecule has 1 fully saturated rings. The van der Waals surface area contributed by atoms with Gasteiger partial charge < -0.3 is 9.80 Å². The average Bonchev–Trinajstić information content (AvgIpc) is 2.84. The van der Waals surface area contributed by atoms with Crippen molar-refractivity contribution in [2.24, 2.45) is 0 Å². The maximum atomic E-state index is 12.8. The molecule has 21 heavy (non-hydrogen) atoms. The molecule has 1 amide bonds. The number of rotatable bonds is 2. The zero-order valence-corrected chi connectivity index (χ0v) is 13.7. The van der Waals surface area contributed by atoms with E-state index in [0.717, 1.165) is 36.4 Å². The van der Waals surface area contributed by atoms with Crippen LogP contribution < -0.4 is 0 Å². The Morgan fingerprint density at radius 3 is 2.52 bits per heavy atom. The third-order valence-electron chi connectivity index (χ3n) is 4.52. The molecule has 0 spiro atoms. The smallest absolute Gasteiger partial charge is 0.264 e. The Hall–Kier alpha value is -1.39. The molecule has 0 N–H and O–H groups in total. The first-order valence-electron chi connectivity index (χ1n) is 7.51. The van der Waals surface area contributed by atoms with Crippen LogP contribution in [0.2, 0.25) is 0 Å². The molecule has 2 aromatic rings. The monoisotopic (exact) mass is 302 g/mol. The second kappa shape index (κ2) is 5.78. The third-order valence-corrected chi connectivity index (χ3v) is 5.78. The summed E-state index contributed by atoms with van der Waals surface area (Å²) in [5.74, 6) is 0.214. The molecular formula is C17H22N2OS. The molecule has 3 nitrogen and oxygen atoms in total. The summed E-state index contributed by atoms with van der Waals surface area (Å²) in [4.78, 5) is 18.0. The van der Waals surface area contributed by atoms with Gasteiger partial charge in [0.15, 0.2) is 0 Å². The Morgan fingerprint density at radius 1 is 1.24 bits per heavy atom. The lowest BCUT2D eigenvalue weighted by molar-refractivity contribution is 0.0667. The van der Waals surface area contributed by atoms with Crippen molar-refractivity contribution in [3.05, 3.63) is 34.7 Å². The number of amides is 1. The van der Waals surface area contributed by atoms with E-state index in [9.17, 15) is 4.79 Å². The predicted molar refractivity (Wildman–Crippen MR) is 89.2 cm³/mol. The topological polar surface area (TPSA) is 23.6 Å². The number of aryl methyl sites for hydroxylation is 1. The van der Waals surface area contributed by atoms with Gasteiger partial charge in [0.25, 0.3) is 5.91 Å². The molecule has 1 aromatic heterocycles. The van der Waals surface area contributed by atoms with Gasteiger partial charge in [-0.25, -0.2) is 0 Å². The van der Waals surface area contributed by atoms with Crippen LogP contribution in [0.1, 0.15) is 28.1 Å². The molecule has 4 heteroatoms. The van der Waals surface area contributed by atoms with Gasteiger partial charge in [0.2, 0.25) is 0 Å². The molecule has 0 atom stereocenters. The van der Waals surface area contributed by atoms with Gasteiger partial charge in [0, 0.05) is 23.8 Å². The number of nitrogens with zero attached hydrogens (tertiary/aromatic N) is 2. The van der Waals surface area contributed by atoms with Crippen LogP contribution in [0.4, 0.5) is 0 Å². The van der Waals surface area contributed by atoms with Gasteiger partial charge in [-0.2, -0.15) is 0 Å². The largest absolute Gasteiger partial charge is 0.338 e. The van der Waals surface area contributed by atoms with Crippen molar-refractivity contribution in [3.63, 3.8) is 0 Å². The first-order chi connectivity index (χ1) is 10.1. The van der Waals surface area contributed by atoms with E-state index in [1.807, 2.05) is 17.0 Å². The highest BCUT2D eigenvalue weighted by molar-refractivity contribution is 7.21. The Balaban J connectivity index is 1.80. The van der Waals surface area contributed by atoms with Crippen molar-refractivity contribution in [2.45, 2.75) is 25.8 Å². The van der Waals surface area contributed by atoms with Gasteiger partial charge in [-0.1, -0.05) is 18.2 Å². The van der Waals surface area contributed by atoms with Crippen molar-refractivity contribution in [3.8, 4) is 0 Å². The van der Waals surface area contributed by atoms with Crippen molar-refractivity contribution in [1.29, 1.82) is 0 Å². The van der Waals surface area contributed by atoms with E-state index in [2.05, 4.69) is 38.1 Å². The number of fused-ring (bicyclic) bond motifs is 1. The van der Waals surface area contributed by atoms with E-state index in [0.29, 0.717) is 6.04 Å². The normalized spacial score (nSPS) is 16.9. The molecule has 0 bridgehead atoms. The maximum Gasteiger partial charge on any atom is 0.264 e. The lowest BCUT2D eigenvalue weighted by atomic mass is 10.0. The van der Waals surface area contributed by atoms with E-state index >= 15 is 0 Å². The van der Waals surface area contributed by atoms with E-state index in [1.165, 1.54) is 10.1 Å². The van der Waals surface area contributed by atoms with Gasteiger partial charge in [-0.05, 0) is 50.9 Å². The lowest BCUT2D eigenvalue weighted by Crippen LogP contribution is -2.44. The van der Waals surface area contributed by atoms with Crippen LogP contribution >= 0.6 is 11.3 Å². The highest BCUT2D eigenvalue weighted by Crippen LogP contribution is 2.32. The molecule has 2 heterocycles. The second-order valence-electron chi connectivity index (χ2n) is 6.04. The number of carbonyl (C=O) groups excluding carboxylic acids is 1. The SMILES string of the molecule is Cc1c(C(=O)N2CCC(N(C)C)CC2)sc2ccccc12. The summed E-state index contributed by atoms with van der Waals surface area (Å²) in [6, 6.07) is 8.89. The van der Waals surface area contributed by atoms with Crippen LogP contribution in [0.5, 0.6) is 0 Å². The van der Waals surface area contributed by atoms with Gasteiger partial charge in [-0.15, -0.1) is 11.3 Å². The number of hydrogen-bond donors (Lipinski definition) is 0. The quantitative estimate of drug-likeness (QED) is 0.849. The van der Waals surface area contributed by atoms with Crippen molar-refractivity contribution in [2.75, 3.05) is 27.2 Å². The molecule has 0 radical (unpaired) electrons. The Morgan fingerprint density at radius 2 is 1.90 bits per heavy atom. The molecule has 0 aliphatic carbocycles. The summed E-state index contributed by atoms with van der Waals surface area (Å²) in [5.41, 5.74) is 1.13. The van der Waals surface area contributed by atoms with Crippen LogP contribution in [0, 0.1) is 6.92 Å². The van der Waals surface area contributed by atoms with Gasteiger partial charge in [-0.3, -0.25) is 4.79 Å². The summed E-state index contributed by atoms with van der Waals surface area (Å²) in [5, 5.41) is 1.22. The van der Waals surface area contributed by atoms with Crippen LogP contribution in [0.15, 0.2) is 24.3 Å². The van der Waals surface area contributed by atoms with Crippen LogP contribution in [0.25, 0.3) is 10.1 Å². The Bertz CT molecular complexity index is 654. The molecule has 3 rings (SSSR count). The van der Waals surface area contributed by atoms with Crippen LogP contribution in [-0.4, -0.2) is 48.9 Å². The maximum absolute atomic E-state index is 12.8. The summed E-state index contributed by atoms with van der Waals surface area (Å²) < 4.78 is 1.21. The molecule has 1 saturated heterocycles. The van der Waals surface area contributed by atoms with Crippen molar-refractivity contribution >= 4 is 27.3 Å². The van der Waals surface area contributed by atoms with Gasteiger partial charge in [0.1, 0.15) is 0 Å². The minimum Gasteiger partial charge on any atom is -0.338 e. The van der Waals surface area contributed by atoms with E-state index in [1.54, 1.807) is 11.3 Å². The van der Waals surface area contributed by atoms with E-state index in [-0.39, 0.29) is 5.91 Å². The fraction of sp³-hybridized carbons (Fsp3) is 0.471. The molecule has 0 saturated carbocycles. The first-order valence-corrected chi connectivity index (χ1v) is 8.33. The minimum atomic E-state index is 0.214. The lowest BCUT2D eigenvalue weighted by Gasteiger charge is -2.35.